The third kappa shape index (κ3) is 22.0. The van der Waals surface area contributed by atoms with E-state index in [1.54, 1.807) is 27.7 Å². The minimum Gasteiger partial charge on any atom is -0.508 e. The molecule has 0 spiro atoms. The Morgan fingerprint density at radius 3 is 1.94 bits per heavy atom. The van der Waals surface area contributed by atoms with Crippen LogP contribution in [0.3, 0.4) is 0 Å². The number of nitrogens with one attached hydrogen (secondary N) is 7. The molecule has 1 heterocycles. The van der Waals surface area contributed by atoms with E-state index in [-0.39, 0.29) is 75.3 Å². The van der Waals surface area contributed by atoms with E-state index < -0.39 is 122 Å². The van der Waals surface area contributed by atoms with Crippen LogP contribution in [0.15, 0.2) is 29.3 Å². The first-order valence-electron chi connectivity index (χ1n) is 23.1. The fraction of sp³-hybridized carbons (Fsp3) is 0.636. The number of carbonyl (C=O) groups excluding carboxylic acids is 8. The van der Waals surface area contributed by atoms with Crippen LogP contribution in [0.25, 0.3) is 0 Å². The highest BCUT2D eigenvalue weighted by Gasteiger charge is 2.38. The summed E-state index contributed by atoms with van der Waals surface area (Å²) in [5.74, 6) is -8.87. The third-order valence-electron chi connectivity index (χ3n) is 10.9. The molecule has 0 aromatic heterocycles. The summed E-state index contributed by atoms with van der Waals surface area (Å²) < 4.78 is 13.8. The van der Waals surface area contributed by atoms with E-state index in [9.17, 15) is 57.7 Å². The molecule has 16 N–H and O–H groups in total. The Labute approximate surface area is 407 Å². The first kappa shape index (κ1) is 59.8. The smallest absolute Gasteiger partial charge is 0.322 e. The van der Waals surface area contributed by atoms with Crippen LogP contribution in [-0.4, -0.2) is 154 Å². The van der Waals surface area contributed by atoms with Crippen molar-refractivity contribution in [2.24, 2.45) is 39.9 Å². The summed E-state index contributed by atoms with van der Waals surface area (Å²) in [4.78, 5) is 134. The monoisotopic (exact) mass is 1010 g/mol. The first-order chi connectivity index (χ1) is 32.7. The fourth-order valence-electron chi connectivity index (χ4n) is 7.40. The highest BCUT2D eigenvalue weighted by molar-refractivity contribution is 7.58. The number of aliphatic carboxylic acids is 1. The molecule has 0 aliphatic carbocycles. The van der Waals surface area contributed by atoms with E-state index in [4.69, 9.17) is 22.3 Å². The van der Waals surface area contributed by atoms with Gasteiger partial charge in [0.15, 0.2) is 5.96 Å². The van der Waals surface area contributed by atoms with Crippen molar-refractivity contribution in [2.45, 2.75) is 123 Å². The number of hydrogen-bond donors (Lipinski definition) is 13. The lowest BCUT2D eigenvalue weighted by Gasteiger charge is -2.28. The van der Waals surface area contributed by atoms with Crippen LogP contribution < -0.4 is 54.4 Å². The summed E-state index contributed by atoms with van der Waals surface area (Å²) >= 11 is 0. The highest BCUT2D eigenvalue weighted by atomic mass is 31.2. The molecule has 1 fully saturated rings. The normalized spacial score (nSPS) is 16.8. The number of likely N-dealkylation sites (tertiary alicyclic amines) is 1. The van der Waals surface area contributed by atoms with Gasteiger partial charge in [0.1, 0.15) is 42.5 Å². The quantitative estimate of drug-likeness (QED) is 0.0173. The van der Waals surface area contributed by atoms with Crippen molar-refractivity contribution in [3.8, 4) is 5.75 Å². The van der Waals surface area contributed by atoms with Gasteiger partial charge in [-0.15, -0.1) is 0 Å². The van der Waals surface area contributed by atoms with Gasteiger partial charge in [-0.3, -0.25) is 52.7 Å². The number of phenols is 1. The van der Waals surface area contributed by atoms with E-state index >= 15 is 0 Å². The van der Waals surface area contributed by atoms with Crippen LogP contribution in [0.4, 0.5) is 0 Å². The second-order valence-corrected chi connectivity index (χ2v) is 20.7. The average Bonchev–Trinajstić information content (AvgIpc) is 3.77. The second kappa shape index (κ2) is 29.0. The number of benzene rings is 1. The molecule has 1 aromatic rings. The van der Waals surface area contributed by atoms with Crippen molar-refractivity contribution in [1.29, 1.82) is 0 Å². The van der Waals surface area contributed by atoms with Gasteiger partial charge < -0.3 is 74.4 Å². The number of aliphatic imine (C=N–C) groups is 1. The predicted molar refractivity (Wildman–Crippen MR) is 257 cm³/mol. The Morgan fingerprint density at radius 1 is 0.757 bits per heavy atom. The van der Waals surface area contributed by atoms with Gasteiger partial charge in [-0.2, -0.15) is 0 Å². The lowest BCUT2D eigenvalue weighted by atomic mass is 9.97. The number of carbonyl (C=O) groups is 9. The number of nitrogens with zero attached hydrogens (tertiary/aromatic N) is 2. The molecule has 1 aliphatic rings. The molecule has 1 saturated heterocycles. The number of hydrogen-bond acceptors (Lipinski definition) is 13. The summed E-state index contributed by atoms with van der Waals surface area (Å²) in [6.45, 7) is 9.16. The molecule has 392 valence electrons. The molecule has 0 saturated carbocycles. The maximum absolute atomic E-state index is 14.1. The number of amides is 8. The number of rotatable bonds is 29. The van der Waals surface area contributed by atoms with Gasteiger partial charge in [-0.1, -0.05) is 39.8 Å². The molecule has 70 heavy (non-hydrogen) atoms. The maximum Gasteiger partial charge on any atom is 0.322 e. The van der Waals surface area contributed by atoms with Crippen LogP contribution in [0.2, 0.25) is 0 Å². The fourth-order valence-corrected chi connectivity index (χ4v) is 8.94. The molecule has 1 aromatic carbocycles. The van der Waals surface area contributed by atoms with Crippen LogP contribution >= 0.6 is 7.37 Å². The molecule has 2 rings (SSSR count). The van der Waals surface area contributed by atoms with Gasteiger partial charge >= 0.3 is 5.97 Å². The van der Waals surface area contributed by atoms with Crippen molar-refractivity contribution in [1.82, 2.24) is 42.1 Å². The summed E-state index contributed by atoms with van der Waals surface area (Å²) in [5, 5.41) is 36.3. The van der Waals surface area contributed by atoms with Gasteiger partial charge in [-0.05, 0) is 81.9 Å². The number of carboxylic acids is 1. The van der Waals surface area contributed by atoms with Crippen molar-refractivity contribution in [3.05, 3.63) is 29.8 Å². The number of nitrogens with two attached hydrogens (primary N) is 3. The largest absolute Gasteiger partial charge is 0.508 e. The van der Waals surface area contributed by atoms with Gasteiger partial charge in [0.2, 0.25) is 54.6 Å². The number of carboxylic acid groups (broad SMARTS) is 1. The molecular weight excluding hydrogens is 936 g/mol. The Morgan fingerprint density at radius 2 is 1.36 bits per heavy atom. The number of phenolic OH excluding ortho intramolecular Hbond substituents is 1. The molecule has 0 radical (unpaired) electrons. The highest BCUT2D eigenvalue weighted by Crippen LogP contribution is 2.42. The van der Waals surface area contributed by atoms with Crippen molar-refractivity contribution in [3.63, 3.8) is 0 Å². The zero-order valence-corrected chi connectivity index (χ0v) is 41.6. The van der Waals surface area contributed by atoms with Crippen LogP contribution in [0, 0.1) is 17.8 Å². The maximum atomic E-state index is 14.1. The molecule has 8 atom stereocenters. The van der Waals surface area contributed by atoms with Crippen LogP contribution in [-0.2, 0) is 54.1 Å². The Bertz CT molecular complexity index is 2070. The zero-order valence-electron chi connectivity index (χ0n) is 40.7. The molecular formula is C44H73N12O13P. The summed E-state index contributed by atoms with van der Waals surface area (Å²) in [6, 6.07) is -1.20. The van der Waals surface area contributed by atoms with E-state index in [2.05, 4.69) is 42.2 Å². The number of aromatic hydroxyl groups is 1. The SMILES string of the molecule is CC(C)C[C@@H](CP(=O)(O)CNC(=O)[C@H](CC(C)C)NC(=O)[C@@H]1CCCN1C(=O)CNC(=O)[C@H](C)N)C(=O)N[C@@H](Cc1ccc(O)cc1)C(=O)N[C@@H](C)C(=O)N[C@@H](CCCN=C(N)N)C(=O)NCC(=O)O. The molecule has 25 nitrogen and oxygen atoms in total. The first-order valence-corrected chi connectivity index (χ1v) is 25.2. The van der Waals surface area contributed by atoms with Crippen LogP contribution in [0.5, 0.6) is 5.75 Å². The van der Waals surface area contributed by atoms with Crippen molar-refractivity contribution in [2.75, 3.05) is 38.6 Å². The summed E-state index contributed by atoms with van der Waals surface area (Å²) in [7, 11) is -4.38. The Kier molecular flexibility index (Phi) is 24.8. The van der Waals surface area contributed by atoms with Gasteiger partial charge in [0, 0.05) is 31.6 Å². The topological polar surface area (TPSA) is 409 Å². The Hall–Kier alpha value is -6.33. The van der Waals surface area contributed by atoms with Gasteiger partial charge in [-0.25, -0.2) is 0 Å². The predicted octanol–water partition coefficient (Wildman–Crippen LogP) is -2.34. The lowest BCUT2D eigenvalue weighted by molar-refractivity contribution is -0.139. The lowest BCUT2D eigenvalue weighted by Crippen LogP contribution is -2.57. The second-order valence-electron chi connectivity index (χ2n) is 18.3. The van der Waals surface area contributed by atoms with Gasteiger partial charge in [0.25, 0.3) is 0 Å². The van der Waals surface area contributed by atoms with E-state index in [0.717, 1.165) is 0 Å². The minimum absolute atomic E-state index is 0.0127. The standard InChI is InChI=1S/C44H73N12O13P/c1-24(2)17-29(22-70(68,69)23-51-41(65)32(18-25(3)4)55-43(67)34-10-8-16-56(34)35(58)20-49-37(61)26(5)45)39(63)54-33(19-28-11-13-30(57)14-12-28)42(66)52-27(6)38(62)53-31(9-7-15-48-44(46)47)40(64)50-21-36(59)60/h11-14,24-27,29,31-34,57H,7-10,15-23,45H2,1-6H3,(H,49,61)(H,50,64)(H,51,65)(H,52,66)(H,53,62)(H,54,63)(H,55,67)(H,59,60)(H,68,69)(H4,46,47,48)/t26-,27-,29-,31-,32-,33-,34-/m0/s1. The third-order valence-corrected chi connectivity index (χ3v) is 12.6. The average molecular weight is 1010 g/mol. The Balaban J connectivity index is 2.25. The van der Waals surface area contributed by atoms with Gasteiger partial charge in [0.05, 0.1) is 18.9 Å². The van der Waals surface area contributed by atoms with Crippen LogP contribution in [0.1, 0.15) is 85.6 Å². The number of guanidine groups is 1. The molecule has 1 aliphatic heterocycles. The molecule has 26 heteroatoms. The molecule has 1 unspecified atom stereocenters. The van der Waals surface area contributed by atoms with E-state index in [1.165, 1.54) is 43.0 Å². The van der Waals surface area contributed by atoms with E-state index in [1.807, 2.05) is 0 Å². The van der Waals surface area contributed by atoms with Crippen molar-refractivity contribution < 1.29 is 62.8 Å². The zero-order chi connectivity index (χ0) is 52.9. The minimum atomic E-state index is -4.38. The summed E-state index contributed by atoms with van der Waals surface area (Å²) in [6.07, 6.45) is -0.386. The summed E-state index contributed by atoms with van der Waals surface area (Å²) in [5.41, 5.74) is 16.7. The van der Waals surface area contributed by atoms with Crippen molar-refractivity contribution >= 4 is 66.6 Å². The molecule has 0 bridgehead atoms. The van der Waals surface area contributed by atoms with E-state index in [0.29, 0.717) is 18.4 Å². The molecule has 8 amide bonds.